The minimum absolute atomic E-state index is 0.0358. The lowest BCUT2D eigenvalue weighted by molar-refractivity contribution is -0.113. The lowest BCUT2D eigenvalue weighted by Crippen LogP contribution is -2.31. The van der Waals surface area contributed by atoms with Gasteiger partial charge in [0, 0.05) is 23.5 Å². The Hall–Kier alpha value is -1.69. The molecule has 3 N–H and O–H groups in total. The first-order valence-electron chi connectivity index (χ1n) is 8.39. The number of nitrogens with two attached hydrogens (primary N) is 1. The fraction of sp³-hybridized carbons (Fsp3) is 0.556. The van der Waals surface area contributed by atoms with Crippen LogP contribution in [0.1, 0.15) is 50.4 Å². The van der Waals surface area contributed by atoms with E-state index in [0.29, 0.717) is 17.0 Å². The van der Waals surface area contributed by atoms with Gasteiger partial charge >= 0.3 is 0 Å². The van der Waals surface area contributed by atoms with Gasteiger partial charge in [-0.25, -0.2) is 0 Å². The number of thioether (sulfide) groups is 1. The standard InChI is InChI=1S/C18H27N3O2S/c1-18(2,3)24-12-16(22)20-13-7-8-14(17(19)23)15(11-13)21-9-5-4-6-10-21/h7-8,11H,4-6,9-10,12H2,1-3H3,(H2,19,23)(H,20,22). The first-order valence-corrected chi connectivity index (χ1v) is 9.37. The topological polar surface area (TPSA) is 75.4 Å². The van der Waals surface area contributed by atoms with Gasteiger partial charge in [-0.3, -0.25) is 9.59 Å². The molecular formula is C18H27N3O2S. The highest BCUT2D eigenvalue weighted by Crippen LogP contribution is 2.28. The number of anilines is 2. The van der Waals surface area contributed by atoms with Crippen LogP contribution in [0.5, 0.6) is 0 Å². The van der Waals surface area contributed by atoms with Gasteiger partial charge in [-0.05, 0) is 37.5 Å². The highest BCUT2D eigenvalue weighted by atomic mass is 32.2. The number of hydrogen-bond acceptors (Lipinski definition) is 4. The van der Waals surface area contributed by atoms with Crippen molar-refractivity contribution >= 4 is 35.0 Å². The molecule has 0 unspecified atom stereocenters. The predicted molar refractivity (Wildman–Crippen MR) is 102 cm³/mol. The van der Waals surface area contributed by atoms with Crippen molar-refractivity contribution in [1.82, 2.24) is 0 Å². The molecule has 5 nitrogen and oxygen atoms in total. The Bertz CT molecular complexity index is 605. The summed E-state index contributed by atoms with van der Waals surface area (Å²) in [5, 5.41) is 2.92. The van der Waals surface area contributed by atoms with E-state index in [0.717, 1.165) is 31.6 Å². The number of primary amides is 1. The Morgan fingerprint density at radius 1 is 1.21 bits per heavy atom. The number of rotatable bonds is 5. The fourth-order valence-electron chi connectivity index (χ4n) is 2.69. The normalized spacial score (nSPS) is 15.2. The molecule has 1 fully saturated rings. The molecule has 1 aromatic rings. The van der Waals surface area contributed by atoms with Crippen molar-refractivity contribution in [2.75, 3.05) is 29.1 Å². The molecule has 0 bridgehead atoms. The van der Waals surface area contributed by atoms with E-state index in [1.54, 1.807) is 23.9 Å². The summed E-state index contributed by atoms with van der Waals surface area (Å²) < 4.78 is 0.0477. The zero-order valence-electron chi connectivity index (χ0n) is 14.7. The Balaban J connectivity index is 2.13. The van der Waals surface area contributed by atoms with E-state index in [1.807, 2.05) is 6.07 Å². The summed E-state index contributed by atoms with van der Waals surface area (Å²) >= 11 is 1.60. The lowest BCUT2D eigenvalue weighted by Gasteiger charge is -2.30. The Morgan fingerprint density at radius 3 is 2.46 bits per heavy atom. The molecule has 24 heavy (non-hydrogen) atoms. The van der Waals surface area contributed by atoms with Crippen molar-refractivity contribution in [3.8, 4) is 0 Å². The van der Waals surface area contributed by atoms with Gasteiger partial charge in [0.25, 0.3) is 5.91 Å². The summed E-state index contributed by atoms with van der Waals surface area (Å²) in [6.45, 7) is 8.08. The highest BCUT2D eigenvalue weighted by molar-refractivity contribution is 8.01. The zero-order valence-corrected chi connectivity index (χ0v) is 15.5. The molecule has 1 heterocycles. The number of carbonyl (C=O) groups excluding carboxylic acids is 2. The van der Waals surface area contributed by atoms with Gasteiger partial charge in [0.2, 0.25) is 5.91 Å². The molecule has 1 saturated heterocycles. The van der Waals surface area contributed by atoms with Gasteiger partial charge in [-0.15, -0.1) is 11.8 Å². The fourth-order valence-corrected chi connectivity index (χ4v) is 3.33. The van der Waals surface area contributed by atoms with Crippen molar-refractivity contribution in [1.29, 1.82) is 0 Å². The molecule has 0 atom stereocenters. The highest BCUT2D eigenvalue weighted by Gasteiger charge is 2.19. The number of piperidine rings is 1. The van der Waals surface area contributed by atoms with Gasteiger partial charge in [0.1, 0.15) is 0 Å². The molecule has 6 heteroatoms. The van der Waals surface area contributed by atoms with E-state index in [2.05, 4.69) is 31.0 Å². The second-order valence-electron chi connectivity index (χ2n) is 7.09. The van der Waals surface area contributed by atoms with E-state index < -0.39 is 5.91 Å². The number of nitrogens with zero attached hydrogens (tertiary/aromatic N) is 1. The van der Waals surface area contributed by atoms with E-state index in [-0.39, 0.29) is 10.7 Å². The van der Waals surface area contributed by atoms with Gasteiger partial charge in [-0.2, -0.15) is 0 Å². The number of benzene rings is 1. The van der Waals surface area contributed by atoms with E-state index >= 15 is 0 Å². The summed E-state index contributed by atoms with van der Waals surface area (Å²) in [7, 11) is 0. The number of carbonyl (C=O) groups is 2. The van der Waals surface area contributed by atoms with Crippen LogP contribution in [-0.4, -0.2) is 35.4 Å². The maximum absolute atomic E-state index is 12.1. The van der Waals surface area contributed by atoms with Crippen LogP contribution in [0.3, 0.4) is 0 Å². The molecule has 2 rings (SSSR count). The zero-order chi connectivity index (χ0) is 17.7. The molecule has 2 amide bonds. The average Bonchev–Trinajstić information content (AvgIpc) is 2.53. The third kappa shape index (κ3) is 5.44. The summed E-state index contributed by atoms with van der Waals surface area (Å²) in [5.74, 6) is -0.0665. The Kier molecular flexibility index (Phi) is 6.15. The largest absolute Gasteiger partial charge is 0.371 e. The van der Waals surface area contributed by atoms with Crippen LogP contribution in [0, 0.1) is 0 Å². The summed E-state index contributed by atoms with van der Waals surface area (Å²) in [4.78, 5) is 26.0. The van der Waals surface area contributed by atoms with Crippen LogP contribution in [0.2, 0.25) is 0 Å². The summed E-state index contributed by atoms with van der Waals surface area (Å²) in [6.07, 6.45) is 3.43. The quantitative estimate of drug-likeness (QED) is 0.856. The van der Waals surface area contributed by atoms with Gasteiger partial charge in [0.05, 0.1) is 17.0 Å². The minimum Gasteiger partial charge on any atom is -0.371 e. The van der Waals surface area contributed by atoms with Gasteiger partial charge < -0.3 is 16.0 Å². The smallest absolute Gasteiger partial charge is 0.250 e. The maximum atomic E-state index is 12.1. The van der Waals surface area contributed by atoms with Crippen molar-refractivity contribution in [2.24, 2.45) is 5.73 Å². The van der Waals surface area contributed by atoms with Crippen LogP contribution in [0.15, 0.2) is 18.2 Å². The second kappa shape index (κ2) is 7.92. The third-order valence-corrected chi connectivity index (χ3v) is 5.15. The van der Waals surface area contributed by atoms with Crippen LogP contribution in [0.4, 0.5) is 11.4 Å². The Labute approximate surface area is 148 Å². The van der Waals surface area contributed by atoms with E-state index in [9.17, 15) is 9.59 Å². The van der Waals surface area contributed by atoms with Crippen LogP contribution < -0.4 is 16.0 Å². The molecule has 0 radical (unpaired) electrons. The average molecular weight is 350 g/mol. The molecule has 0 aromatic heterocycles. The molecule has 1 aliphatic heterocycles. The number of amides is 2. The molecule has 0 spiro atoms. The first kappa shape index (κ1) is 18.6. The third-order valence-electron chi connectivity index (χ3n) is 3.88. The lowest BCUT2D eigenvalue weighted by atomic mass is 10.1. The molecule has 132 valence electrons. The van der Waals surface area contributed by atoms with Crippen LogP contribution >= 0.6 is 11.8 Å². The second-order valence-corrected chi connectivity index (χ2v) is 8.90. The summed E-state index contributed by atoms with van der Waals surface area (Å²) in [6, 6.07) is 5.32. The van der Waals surface area contributed by atoms with E-state index in [4.69, 9.17) is 5.73 Å². The number of hydrogen-bond donors (Lipinski definition) is 2. The predicted octanol–water partition coefficient (Wildman–Crippen LogP) is 3.25. The molecular weight excluding hydrogens is 322 g/mol. The van der Waals surface area contributed by atoms with Crippen molar-refractivity contribution < 1.29 is 9.59 Å². The van der Waals surface area contributed by atoms with Crippen molar-refractivity contribution in [2.45, 2.75) is 44.8 Å². The first-order chi connectivity index (χ1) is 11.3. The molecule has 0 saturated carbocycles. The monoisotopic (exact) mass is 349 g/mol. The Morgan fingerprint density at radius 2 is 1.88 bits per heavy atom. The molecule has 1 aliphatic rings. The van der Waals surface area contributed by atoms with Gasteiger partial charge in [-0.1, -0.05) is 20.8 Å². The van der Waals surface area contributed by atoms with Crippen molar-refractivity contribution in [3.05, 3.63) is 23.8 Å². The SMILES string of the molecule is CC(C)(C)SCC(=O)Nc1ccc(C(N)=O)c(N2CCCCC2)c1. The maximum Gasteiger partial charge on any atom is 0.250 e. The van der Waals surface area contributed by atoms with E-state index in [1.165, 1.54) is 6.42 Å². The molecule has 0 aliphatic carbocycles. The van der Waals surface area contributed by atoms with Crippen LogP contribution in [0.25, 0.3) is 0 Å². The minimum atomic E-state index is -0.434. The van der Waals surface area contributed by atoms with Gasteiger partial charge in [0.15, 0.2) is 0 Å². The van der Waals surface area contributed by atoms with Crippen molar-refractivity contribution in [3.63, 3.8) is 0 Å². The van der Waals surface area contributed by atoms with Crippen LogP contribution in [-0.2, 0) is 4.79 Å². The summed E-state index contributed by atoms with van der Waals surface area (Å²) in [5.41, 5.74) is 7.56. The number of nitrogens with one attached hydrogen (secondary N) is 1. The molecule has 1 aromatic carbocycles.